The van der Waals surface area contributed by atoms with Gasteiger partial charge >= 0.3 is 0 Å². The smallest absolute Gasteiger partial charge is 0.209 e. The van der Waals surface area contributed by atoms with Crippen LogP contribution < -0.4 is 0 Å². The highest BCUT2D eigenvalue weighted by Crippen LogP contribution is 2.10. The van der Waals surface area contributed by atoms with Gasteiger partial charge in [-0.1, -0.05) is 80.6 Å². The lowest BCUT2D eigenvalue weighted by molar-refractivity contribution is -0.115. The molecule has 110 valence electrons. The van der Waals surface area contributed by atoms with Gasteiger partial charge < -0.3 is 4.90 Å². The molecular formula is C15H32BrNO. The number of carbonyl (C=O) groups is 1. The summed E-state index contributed by atoms with van der Waals surface area (Å²) in [6, 6.07) is 0. The normalized spacial score (nSPS) is 9.56. The van der Waals surface area contributed by atoms with E-state index in [2.05, 4.69) is 22.9 Å². The summed E-state index contributed by atoms with van der Waals surface area (Å²) in [5, 5.41) is 1.18. The van der Waals surface area contributed by atoms with E-state index < -0.39 is 0 Å². The Balaban J connectivity index is 0. The molecule has 0 spiro atoms. The molecule has 0 unspecified atom stereocenters. The first-order valence-electron chi connectivity index (χ1n) is 7.36. The first-order chi connectivity index (χ1) is 8.68. The molecule has 0 heterocycles. The van der Waals surface area contributed by atoms with E-state index in [4.69, 9.17) is 0 Å². The fraction of sp³-hybridized carbons (Fsp3) is 0.933. The number of halogens is 1. The third-order valence-electron chi connectivity index (χ3n) is 2.70. The Bertz CT molecular complexity index is 141. The molecule has 0 aliphatic rings. The van der Waals surface area contributed by atoms with Gasteiger partial charge in [-0.2, -0.15) is 0 Å². The number of carbonyl (C=O) groups excluding carboxylic acids is 1. The summed E-state index contributed by atoms with van der Waals surface area (Å²) in [6.45, 7) is 2.28. The van der Waals surface area contributed by atoms with Crippen LogP contribution in [-0.2, 0) is 4.79 Å². The number of nitrogens with zero attached hydrogens (tertiary/aromatic N) is 1. The zero-order valence-electron chi connectivity index (χ0n) is 12.6. The van der Waals surface area contributed by atoms with Crippen LogP contribution >= 0.6 is 15.9 Å². The number of alkyl halides is 1. The van der Waals surface area contributed by atoms with E-state index in [0.29, 0.717) is 0 Å². The van der Waals surface area contributed by atoms with Crippen LogP contribution in [0.1, 0.15) is 71.1 Å². The van der Waals surface area contributed by atoms with Gasteiger partial charge in [-0.05, 0) is 6.42 Å². The van der Waals surface area contributed by atoms with Gasteiger partial charge in [0.25, 0.3) is 0 Å². The number of amides is 1. The average molecular weight is 322 g/mol. The van der Waals surface area contributed by atoms with Gasteiger partial charge in [0.15, 0.2) is 0 Å². The molecule has 0 aromatic heterocycles. The van der Waals surface area contributed by atoms with Crippen LogP contribution in [0.4, 0.5) is 0 Å². The highest BCUT2D eigenvalue weighted by molar-refractivity contribution is 9.09. The topological polar surface area (TPSA) is 20.3 Å². The van der Waals surface area contributed by atoms with E-state index in [1.165, 1.54) is 74.4 Å². The molecular weight excluding hydrogens is 290 g/mol. The minimum absolute atomic E-state index is 0.750. The van der Waals surface area contributed by atoms with Crippen molar-refractivity contribution in [2.75, 3.05) is 19.4 Å². The quantitative estimate of drug-likeness (QED) is 0.297. The molecule has 0 saturated heterocycles. The largest absolute Gasteiger partial charge is 0.351 e. The summed E-state index contributed by atoms with van der Waals surface area (Å²) >= 11 is 3.46. The van der Waals surface area contributed by atoms with Crippen LogP contribution in [0.15, 0.2) is 0 Å². The third kappa shape index (κ3) is 25.0. The van der Waals surface area contributed by atoms with Gasteiger partial charge in [0.05, 0.1) is 0 Å². The summed E-state index contributed by atoms with van der Waals surface area (Å²) in [7, 11) is 3.38. The predicted octanol–water partition coefficient (Wildman–Crippen LogP) is 5.01. The van der Waals surface area contributed by atoms with Crippen molar-refractivity contribution >= 4 is 22.3 Å². The Kier molecular flexibility index (Phi) is 21.7. The van der Waals surface area contributed by atoms with Gasteiger partial charge in [0.1, 0.15) is 0 Å². The monoisotopic (exact) mass is 321 g/mol. The highest BCUT2D eigenvalue weighted by atomic mass is 79.9. The lowest BCUT2D eigenvalue weighted by Gasteiger charge is -2.00. The molecule has 0 N–H and O–H groups in total. The maximum Gasteiger partial charge on any atom is 0.209 e. The molecule has 0 bridgehead atoms. The fourth-order valence-electron chi connectivity index (χ4n) is 1.58. The molecule has 0 aliphatic carbocycles. The zero-order chi connectivity index (χ0) is 14.1. The minimum atomic E-state index is 0.750. The molecule has 18 heavy (non-hydrogen) atoms. The predicted molar refractivity (Wildman–Crippen MR) is 85.4 cm³/mol. The second kappa shape index (κ2) is 19.3. The Hall–Kier alpha value is -0.0500. The molecule has 3 heteroatoms. The van der Waals surface area contributed by atoms with Crippen molar-refractivity contribution in [1.82, 2.24) is 4.90 Å². The van der Waals surface area contributed by atoms with Gasteiger partial charge in [0.2, 0.25) is 6.41 Å². The first-order valence-corrected chi connectivity index (χ1v) is 8.48. The molecule has 0 radical (unpaired) electrons. The maximum absolute atomic E-state index is 9.43. The van der Waals surface area contributed by atoms with Crippen LogP contribution in [0.3, 0.4) is 0 Å². The van der Waals surface area contributed by atoms with Crippen molar-refractivity contribution in [3.05, 3.63) is 0 Å². The number of hydrogen-bond acceptors (Lipinski definition) is 1. The summed E-state index contributed by atoms with van der Waals surface area (Å²) in [5.41, 5.74) is 0. The number of rotatable bonds is 11. The summed E-state index contributed by atoms with van der Waals surface area (Å²) in [4.78, 5) is 10.9. The van der Waals surface area contributed by atoms with E-state index in [-0.39, 0.29) is 0 Å². The second-order valence-electron chi connectivity index (χ2n) is 4.94. The van der Waals surface area contributed by atoms with Crippen molar-refractivity contribution in [3.8, 4) is 0 Å². The maximum atomic E-state index is 9.43. The van der Waals surface area contributed by atoms with Crippen molar-refractivity contribution in [1.29, 1.82) is 0 Å². The molecule has 0 saturated carbocycles. The van der Waals surface area contributed by atoms with Crippen molar-refractivity contribution in [2.24, 2.45) is 0 Å². The lowest BCUT2D eigenvalue weighted by atomic mass is 10.1. The van der Waals surface area contributed by atoms with Crippen LogP contribution in [-0.4, -0.2) is 30.7 Å². The summed E-state index contributed by atoms with van der Waals surface area (Å²) in [5.74, 6) is 0. The Labute approximate surface area is 123 Å². The SMILES string of the molecule is CCCCCCCCCCCCBr.CN(C)C=O. The first kappa shape index (κ1) is 20.3. The molecule has 0 aromatic carbocycles. The summed E-state index contributed by atoms with van der Waals surface area (Å²) < 4.78 is 0. The molecule has 0 aromatic rings. The minimum Gasteiger partial charge on any atom is -0.351 e. The lowest BCUT2D eigenvalue weighted by Crippen LogP contribution is -2.06. The van der Waals surface area contributed by atoms with Gasteiger partial charge in [-0.15, -0.1) is 0 Å². The van der Waals surface area contributed by atoms with Crippen LogP contribution in [0.2, 0.25) is 0 Å². The van der Waals surface area contributed by atoms with Gasteiger partial charge in [-0.3, -0.25) is 4.79 Å². The molecule has 0 rings (SSSR count). The van der Waals surface area contributed by atoms with E-state index in [1.54, 1.807) is 14.1 Å². The standard InChI is InChI=1S/C12H25Br.C3H7NO/c1-2-3-4-5-6-7-8-9-10-11-12-13;1-4(2)3-5/h2-12H2,1H3;3H,1-2H3. The Morgan fingerprint density at radius 3 is 1.44 bits per heavy atom. The van der Waals surface area contributed by atoms with E-state index in [0.717, 1.165) is 6.41 Å². The fourth-order valence-corrected chi connectivity index (χ4v) is 1.98. The van der Waals surface area contributed by atoms with E-state index in [9.17, 15) is 4.79 Å². The Morgan fingerprint density at radius 2 is 1.17 bits per heavy atom. The van der Waals surface area contributed by atoms with Crippen molar-refractivity contribution in [3.63, 3.8) is 0 Å². The van der Waals surface area contributed by atoms with Crippen LogP contribution in [0.5, 0.6) is 0 Å². The van der Waals surface area contributed by atoms with Crippen LogP contribution in [0.25, 0.3) is 0 Å². The molecule has 0 fully saturated rings. The van der Waals surface area contributed by atoms with E-state index in [1.807, 2.05) is 0 Å². The highest BCUT2D eigenvalue weighted by Gasteiger charge is 1.91. The van der Waals surface area contributed by atoms with Crippen LogP contribution in [0, 0.1) is 0 Å². The average Bonchev–Trinajstić information content (AvgIpc) is 2.37. The molecule has 2 nitrogen and oxygen atoms in total. The van der Waals surface area contributed by atoms with Crippen molar-refractivity contribution in [2.45, 2.75) is 71.1 Å². The van der Waals surface area contributed by atoms with Gasteiger partial charge in [0, 0.05) is 19.4 Å². The second-order valence-corrected chi connectivity index (χ2v) is 5.73. The molecule has 1 amide bonds. The Morgan fingerprint density at radius 1 is 0.833 bits per heavy atom. The molecule has 0 aliphatic heterocycles. The van der Waals surface area contributed by atoms with Gasteiger partial charge in [-0.25, -0.2) is 0 Å². The zero-order valence-corrected chi connectivity index (χ0v) is 14.2. The summed E-state index contributed by atoms with van der Waals surface area (Å²) in [6.07, 6.45) is 15.1. The number of hydrogen-bond donors (Lipinski definition) is 0. The third-order valence-corrected chi connectivity index (χ3v) is 3.26. The number of unbranched alkanes of at least 4 members (excludes halogenated alkanes) is 9. The van der Waals surface area contributed by atoms with Crippen molar-refractivity contribution < 1.29 is 4.79 Å². The molecule has 0 atom stereocenters. The van der Waals surface area contributed by atoms with E-state index >= 15 is 0 Å².